The van der Waals surface area contributed by atoms with Crippen molar-refractivity contribution >= 4 is 5.97 Å². The zero-order chi connectivity index (χ0) is 11.5. The van der Waals surface area contributed by atoms with Crippen molar-refractivity contribution in [1.29, 1.82) is 0 Å². The highest BCUT2D eigenvalue weighted by Crippen LogP contribution is 2.11. The van der Waals surface area contributed by atoms with E-state index in [1.165, 1.54) is 26.4 Å². The molecule has 0 aromatic carbocycles. The minimum atomic E-state index is -0.0996. The van der Waals surface area contributed by atoms with E-state index in [-0.39, 0.29) is 5.97 Å². The Labute approximate surface area is 93.7 Å². The van der Waals surface area contributed by atoms with Gasteiger partial charge in [0.15, 0.2) is 0 Å². The molecule has 0 saturated heterocycles. The number of methoxy groups -OCH3 is 1. The topological polar surface area (TPSA) is 26.3 Å². The number of hydrogen-bond acceptors (Lipinski definition) is 2. The fourth-order valence-corrected chi connectivity index (χ4v) is 1.41. The third-order valence-electron chi connectivity index (χ3n) is 2.46. The Balaban J connectivity index is 3.41. The van der Waals surface area contributed by atoms with E-state index in [1.54, 1.807) is 0 Å². The number of carbonyl (C=O) groups is 1. The standard InChI is InChI=1S/C13H24O2/c1-4-5-6-7-8-9-10-12(2)11-13(14)15-3/h7-8,12H,4-6,9-11H2,1-3H3/b8-7+/t12-/m1/s1. The van der Waals surface area contributed by atoms with Crippen LogP contribution < -0.4 is 0 Å². The molecule has 2 heteroatoms. The summed E-state index contributed by atoms with van der Waals surface area (Å²) in [5.74, 6) is 0.325. The molecule has 0 amide bonds. The van der Waals surface area contributed by atoms with E-state index >= 15 is 0 Å². The number of allylic oxidation sites excluding steroid dienone is 2. The van der Waals surface area contributed by atoms with Gasteiger partial charge in [-0.15, -0.1) is 0 Å². The van der Waals surface area contributed by atoms with E-state index in [9.17, 15) is 4.79 Å². The minimum Gasteiger partial charge on any atom is -0.469 e. The second-order valence-electron chi connectivity index (χ2n) is 4.08. The van der Waals surface area contributed by atoms with Crippen molar-refractivity contribution in [2.24, 2.45) is 5.92 Å². The average molecular weight is 212 g/mol. The number of hydrogen-bond donors (Lipinski definition) is 0. The minimum absolute atomic E-state index is 0.0996. The van der Waals surface area contributed by atoms with Crippen LogP contribution in [0.25, 0.3) is 0 Å². The first kappa shape index (κ1) is 14.2. The molecule has 88 valence electrons. The molecule has 0 aliphatic carbocycles. The summed E-state index contributed by atoms with van der Waals surface area (Å²) in [6.07, 6.45) is 10.9. The first-order chi connectivity index (χ1) is 7.20. The summed E-state index contributed by atoms with van der Waals surface area (Å²) in [4.78, 5) is 11.0. The van der Waals surface area contributed by atoms with E-state index in [1.807, 2.05) is 0 Å². The van der Waals surface area contributed by atoms with Crippen LogP contribution in [0.15, 0.2) is 12.2 Å². The molecular formula is C13H24O2. The molecule has 0 fully saturated rings. The van der Waals surface area contributed by atoms with Crippen LogP contribution in [0.1, 0.15) is 52.4 Å². The molecule has 0 radical (unpaired) electrons. The number of carbonyl (C=O) groups excluding carboxylic acids is 1. The average Bonchev–Trinajstić information content (AvgIpc) is 2.23. The zero-order valence-corrected chi connectivity index (χ0v) is 10.3. The second-order valence-corrected chi connectivity index (χ2v) is 4.08. The van der Waals surface area contributed by atoms with Crippen molar-refractivity contribution in [2.45, 2.75) is 52.4 Å². The summed E-state index contributed by atoms with van der Waals surface area (Å²) in [7, 11) is 1.44. The maximum absolute atomic E-state index is 11.0. The maximum Gasteiger partial charge on any atom is 0.305 e. The van der Waals surface area contributed by atoms with Gasteiger partial charge < -0.3 is 4.74 Å². The third-order valence-corrected chi connectivity index (χ3v) is 2.46. The van der Waals surface area contributed by atoms with Crippen molar-refractivity contribution in [3.63, 3.8) is 0 Å². The van der Waals surface area contributed by atoms with Crippen LogP contribution >= 0.6 is 0 Å². The van der Waals surface area contributed by atoms with Gasteiger partial charge in [0.05, 0.1) is 7.11 Å². The summed E-state index contributed by atoms with van der Waals surface area (Å²) >= 11 is 0. The summed E-state index contributed by atoms with van der Waals surface area (Å²) in [5, 5.41) is 0. The van der Waals surface area contributed by atoms with Gasteiger partial charge in [-0.25, -0.2) is 0 Å². The Bertz CT molecular complexity index is 185. The lowest BCUT2D eigenvalue weighted by atomic mass is 10.0. The van der Waals surface area contributed by atoms with Crippen LogP contribution in [-0.4, -0.2) is 13.1 Å². The van der Waals surface area contributed by atoms with Gasteiger partial charge in [0.2, 0.25) is 0 Å². The van der Waals surface area contributed by atoms with Crippen LogP contribution in [0.2, 0.25) is 0 Å². The molecule has 0 aromatic heterocycles. The second kappa shape index (κ2) is 9.75. The predicted octanol–water partition coefficient (Wildman–Crippen LogP) is 3.71. The first-order valence-electron chi connectivity index (χ1n) is 5.92. The Morgan fingerprint density at radius 3 is 2.60 bits per heavy atom. The van der Waals surface area contributed by atoms with Gasteiger partial charge in [0.25, 0.3) is 0 Å². The molecule has 0 spiro atoms. The third kappa shape index (κ3) is 9.51. The molecule has 0 aliphatic heterocycles. The van der Waals surface area contributed by atoms with Crippen LogP contribution in [0, 0.1) is 5.92 Å². The summed E-state index contributed by atoms with van der Waals surface area (Å²) in [5.41, 5.74) is 0. The Morgan fingerprint density at radius 1 is 1.33 bits per heavy atom. The van der Waals surface area contributed by atoms with E-state index in [2.05, 4.69) is 30.7 Å². The van der Waals surface area contributed by atoms with Gasteiger partial charge in [0.1, 0.15) is 0 Å². The normalized spacial score (nSPS) is 13.0. The molecule has 15 heavy (non-hydrogen) atoms. The molecule has 0 rings (SSSR count). The molecule has 2 nitrogen and oxygen atoms in total. The van der Waals surface area contributed by atoms with Crippen LogP contribution in [0.3, 0.4) is 0 Å². The van der Waals surface area contributed by atoms with Crippen LogP contribution in [0.5, 0.6) is 0 Å². The quantitative estimate of drug-likeness (QED) is 0.348. The van der Waals surface area contributed by atoms with Gasteiger partial charge in [-0.05, 0) is 25.2 Å². The van der Waals surface area contributed by atoms with Gasteiger partial charge >= 0.3 is 5.97 Å². The number of ether oxygens (including phenoxy) is 1. The van der Waals surface area contributed by atoms with Gasteiger partial charge in [-0.3, -0.25) is 4.79 Å². The Hall–Kier alpha value is -0.790. The van der Waals surface area contributed by atoms with Gasteiger partial charge in [-0.1, -0.05) is 38.8 Å². The lowest BCUT2D eigenvalue weighted by Gasteiger charge is -2.07. The fraction of sp³-hybridized carbons (Fsp3) is 0.769. The Morgan fingerprint density at radius 2 is 2.00 bits per heavy atom. The molecule has 0 aliphatic rings. The molecular weight excluding hydrogens is 188 g/mol. The van der Waals surface area contributed by atoms with Crippen molar-refractivity contribution in [3.8, 4) is 0 Å². The lowest BCUT2D eigenvalue weighted by Crippen LogP contribution is -2.06. The fourth-order valence-electron chi connectivity index (χ4n) is 1.41. The first-order valence-corrected chi connectivity index (χ1v) is 5.92. The molecule has 0 N–H and O–H groups in total. The highest BCUT2D eigenvalue weighted by atomic mass is 16.5. The molecule has 0 aromatic rings. The highest BCUT2D eigenvalue weighted by molar-refractivity contribution is 5.69. The monoisotopic (exact) mass is 212 g/mol. The van der Waals surface area contributed by atoms with Crippen molar-refractivity contribution in [1.82, 2.24) is 0 Å². The van der Waals surface area contributed by atoms with Crippen LogP contribution in [0.4, 0.5) is 0 Å². The summed E-state index contributed by atoms with van der Waals surface area (Å²) < 4.78 is 4.62. The van der Waals surface area contributed by atoms with E-state index in [0.29, 0.717) is 12.3 Å². The number of unbranched alkanes of at least 4 members (excludes halogenated alkanes) is 2. The number of rotatable bonds is 8. The van der Waals surface area contributed by atoms with Gasteiger partial charge in [0, 0.05) is 6.42 Å². The van der Waals surface area contributed by atoms with Crippen molar-refractivity contribution in [3.05, 3.63) is 12.2 Å². The van der Waals surface area contributed by atoms with Crippen molar-refractivity contribution in [2.75, 3.05) is 7.11 Å². The summed E-state index contributed by atoms with van der Waals surface area (Å²) in [6.45, 7) is 4.29. The predicted molar refractivity (Wildman–Crippen MR) is 63.7 cm³/mol. The van der Waals surface area contributed by atoms with E-state index in [4.69, 9.17) is 0 Å². The number of esters is 1. The van der Waals surface area contributed by atoms with Crippen molar-refractivity contribution < 1.29 is 9.53 Å². The van der Waals surface area contributed by atoms with Gasteiger partial charge in [-0.2, -0.15) is 0 Å². The highest BCUT2D eigenvalue weighted by Gasteiger charge is 2.07. The molecule has 1 atom stereocenters. The smallest absolute Gasteiger partial charge is 0.305 e. The maximum atomic E-state index is 11.0. The molecule has 0 bridgehead atoms. The molecule has 0 saturated carbocycles. The SMILES string of the molecule is CCCC/C=C/CC[C@@H](C)CC(=O)OC. The molecule has 0 heterocycles. The lowest BCUT2D eigenvalue weighted by molar-refractivity contribution is -0.141. The zero-order valence-electron chi connectivity index (χ0n) is 10.3. The molecule has 0 unspecified atom stereocenters. The largest absolute Gasteiger partial charge is 0.469 e. The Kier molecular flexibility index (Phi) is 9.24. The summed E-state index contributed by atoms with van der Waals surface area (Å²) in [6, 6.07) is 0. The van der Waals surface area contributed by atoms with Crippen LogP contribution in [-0.2, 0) is 9.53 Å². The van der Waals surface area contributed by atoms with E-state index in [0.717, 1.165) is 12.8 Å². The van der Waals surface area contributed by atoms with E-state index < -0.39 is 0 Å².